The molecule has 24 rings (SSSR count). The molecule has 0 aliphatic heterocycles. The molecule has 24 aromatic rings. The Morgan fingerprint density at radius 2 is 0.581 bits per heavy atom. The molecule has 0 bridgehead atoms. The van der Waals surface area contributed by atoms with E-state index in [-0.39, 0.29) is 0 Å². The molecular weight excluding hydrogens is 1520 g/mol. The van der Waals surface area contributed by atoms with Crippen molar-refractivity contribution in [3.63, 3.8) is 0 Å². The average molecular weight is 1580 g/mol. The number of nitriles is 4. The SMILES string of the molecule is N#Cc1cc(-c2ccc(-c3ccc4oc5ccc6ccccc6c5c4c3)cc2)ccn1.N#Cc1cc(-c2ccc3c(c2)c2c4ccccc4ccc2n3-c2ccccc2)ccn1.N#Cc1ccnc(-c2ccc(-c3ccc4oc5ccc6ccccc6c5c4c3)cc2)c1.N#Cc1cncc(-c2ccc(-c3ccc4oc5ccc6ccccc6c5c4c3)cc2)c1. The van der Waals surface area contributed by atoms with Crippen LogP contribution in [0, 0.1) is 45.3 Å². The molecule has 0 saturated heterocycles. The molecule has 12 heteroatoms. The topological polar surface area (TPSA) is 191 Å². The third-order valence-corrected chi connectivity index (χ3v) is 23.2. The maximum atomic E-state index is 9.25. The number of rotatable bonds is 8. The summed E-state index contributed by atoms with van der Waals surface area (Å²) in [5.74, 6) is 0. The predicted molar refractivity (Wildman–Crippen MR) is 500 cm³/mol. The zero-order valence-electron chi connectivity index (χ0n) is 66.3. The standard InChI is InChI=1S/C28H17N3.3C28H16N2O/c29-18-22-16-21(14-15-30-22)20-11-12-26-25(17-20)28-24-9-5-4-6-19(24)10-13-27(28)31(26)23-7-2-1-3-8-23;29-15-18-13-23(17-30-16-18)20-7-5-19(6-8-20)22-10-11-26-25(14-22)28-24-4-2-1-3-21(24)9-12-27(28)31-26;29-17-18-13-14-30-25(15-18)21-7-5-19(6-8-21)22-10-11-26-24(16-22)28-23-4-2-1-3-20(23)9-12-27(28)31-26;29-17-23-15-22(13-14-30-23)19-7-5-18(6-8-19)21-10-11-26-25(16-21)28-24-4-2-1-3-20(24)9-12-27(28)31-26/h1-17H;1-14,16-17H;2*1-16H. The van der Waals surface area contributed by atoms with E-state index in [0.717, 1.165) is 155 Å². The van der Waals surface area contributed by atoms with Crippen LogP contribution in [0.4, 0.5) is 0 Å². The van der Waals surface area contributed by atoms with E-state index in [9.17, 15) is 5.26 Å². The van der Waals surface area contributed by atoms with Crippen LogP contribution in [-0.4, -0.2) is 24.5 Å². The molecule has 0 amide bonds. The Hall–Kier alpha value is -17.7. The van der Waals surface area contributed by atoms with Gasteiger partial charge in [-0.15, -0.1) is 0 Å². The fraction of sp³-hybridized carbons (Fsp3) is 0. The zero-order chi connectivity index (χ0) is 83.1. The van der Waals surface area contributed by atoms with Gasteiger partial charge in [-0.2, -0.15) is 21.0 Å². The van der Waals surface area contributed by atoms with Gasteiger partial charge < -0.3 is 17.8 Å². The van der Waals surface area contributed by atoms with Crippen LogP contribution >= 0.6 is 0 Å². The van der Waals surface area contributed by atoms with E-state index in [4.69, 9.17) is 29.0 Å². The van der Waals surface area contributed by atoms with Crippen LogP contribution in [-0.2, 0) is 0 Å². The van der Waals surface area contributed by atoms with Gasteiger partial charge in [0.15, 0.2) is 0 Å². The second kappa shape index (κ2) is 31.6. The van der Waals surface area contributed by atoms with Gasteiger partial charge in [-0.3, -0.25) is 9.97 Å². The summed E-state index contributed by atoms with van der Waals surface area (Å²) in [5.41, 5.74) is 25.6. The normalized spacial score (nSPS) is 11.2. The maximum Gasteiger partial charge on any atom is 0.141 e. The molecular formula is C112H65N9O3. The van der Waals surface area contributed by atoms with E-state index >= 15 is 0 Å². The molecule has 0 saturated carbocycles. The Labute approximate surface area is 710 Å². The highest BCUT2D eigenvalue weighted by Crippen LogP contribution is 2.44. The second-order valence-electron chi connectivity index (χ2n) is 30.4. The van der Waals surface area contributed by atoms with Crippen molar-refractivity contribution in [1.82, 2.24) is 24.5 Å². The number of hydrogen-bond donors (Lipinski definition) is 0. The summed E-state index contributed by atoms with van der Waals surface area (Å²) < 4.78 is 20.7. The number of para-hydroxylation sites is 1. The van der Waals surface area contributed by atoms with Crippen molar-refractivity contribution in [2.45, 2.75) is 0 Å². The molecule has 8 heterocycles. The minimum absolute atomic E-state index is 0.422. The van der Waals surface area contributed by atoms with Gasteiger partial charge in [0, 0.05) is 90.9 Å². The number of fused-ring (bicyclic) bond motifs is 20. The van der Waals surface area contributed by atoms with E-state index in [2.05, 4.69) is 340 Å². The smallest absolute Gasteiger partial charge is 0.141 e. The first-order chi connectivity index (χ1) is 61.2. The monoisotopic (exact) mass is 1580 g/mol. The second-order valence-corrected chi connectivity index (χ2v) is 30.4. The summed E-state index contributed by atoms with van der Waals surface area (Å²) in [7, 11) is 0. The summed E-state index contributed by atoms with van der Waals surface area (Å²) in [5, 5.41) is 55.6. The molecule has 8 aromatic heterocycles. The molecule has 12 nitrogen and oxygen atoms in total. The Morgan fingerprint density at radius 3 is 1.04 bits per heavy atom. The molecule has 16 aromatic carbocycles. The van der Waals surface area contributed by atoms with Crippen LogP contribution < -0.4 is 0 Å². The van der Waals surface area contributed by atoms with Crippen LogP contribution in [0.2, 0.25) is 0 Å². The summed E-state index contributed by atoms with van der Waals surface area (Å²) in [6.07, 6.45) is 8.39. The lowest BCUT2D eigenvalue weighted by atomic mass is 9.98. The van der Waals surface area contributed by atoms with Crippen molar-refractivity contribution in [3.05, 3.63) is 417 Å². The van der Waals surface area contributed by atoms with Gasteiger partial charge in [-0.25, -0.2) is 9.97 Å². The largest absolute Gasteiger partial charge is 0.456 e. The first-order valence-electron chi connectivity index (χ1n) is 40.5. The first kappa shape index (κ1) is 73.9. The summed E-state index contributed by atoms with van der Waals surface area (Å²) in [6, 6.07) is 133. The Balaban J connectivity index is 0.000000101. The Morgan fingerprint density at radius 1 is 0.226 bits per heavy atom. The number of hydrogen-bond acceptors (Lipinski definition) is 11. The molecule has 0 radical (unpaired) electrons. The fourth-order valence-corrected chi connectivity index (χ4v) is 17.2. The number of nitrogens with zero attached hydrogens (tertiary/aromatic N) is 9. The number of aromatic nitrogens is 5. The molecule has 0 aliphatic rings. The van der Waals surface area contributed by atoms with Crippen LogP contribution in [0.3, 0.4) is 0 Å². The number of benzene rings is 16. The molecule has 0 N–H and O–H groups in total. The van der Waals surface area contributed by atoms with Crippen molar-refractivity contribution in [1.29, 1.82) is 21.0 Å². The molecule has 0 aliphatic carbocycles. The lowest BCUT2D eigenvalue weighted by Crippen LogP contribution is -1.93. The van der Waals surface area contributed by atoms with Crippen molar-refractivity contribution in [2.75, 3.05) is 0 Å². The molecule has 0 atom stereocenters. The Bertz CT molecular complexity index is 7950. The van der Waals surface area contributed by atoms with E-state index in [1.807, 2.05) is 66.7 Å². The minimum Gasteiger partial charge on any atom is -0.456 e. The van der Waals surface area contributed by atoms with Crippen molar-refractivity contribution < 1.29 is 13.3 Å². The van der Waals surface area contributed by atoms with Crippen molar-refractivity contribution >= 4 is 131 Å². The van der Waals surface area contributed by atoms with Crippen molar-refractivity contribution in [3.8, 4) is 108 Å². The molecule has 0 fully saturated rings. The number of pyridine rings is 4. The van der Waals surface area contributed by atoms with Crippen LogP contribution in [0.1, 0.15) is 22.5 Å². The third kappa shape index (κ3) is 13.8. The quantitative estimate of drug-likeness (QED) is 0.141. The predicted octanol–water partition coefficient (Wildman–Crippen LogP) is 28.9. The molecule has 0 unspecified atom stereocenters. The summed E-state index contributed by atoms with van der Waals surface area (Å²) >= 11 is 0. The van der Waals surface area contributed by atoms with Gasteiger partial charge >= 0.3 is 0 Å². The lowest BCUT2D eigenvalue weighted by Gasteiger charge is -2.08. The van der Waals surface area contributed by atoms with E-state index in [0.29, 0.717) is 22.5 Å². The Kier molecular flexibility index (Phi) is 18.9. The fourth-order valence-electron chi connectivity index (χ4n) is 17.2. The minimum atomic E-state index is 0.422. The van der Waals surface area contributed by atoms with Crippen molar-refractivity contribution in [2.24, 2.45) is 0 Å². The highest BCUT2D eigenvalue weighted by Gasteiger charge is 2.20. The van der Waals surface area contributed by atoms with Crippen LogP contribution in [0.5, 0.6) is 0 Å². The van der Waals surface area contributed by atoms with E-state index in [1.54, 1.807) is 37.1 Å². The third-order valence-electron chi connectivity index (χ3n) is 23.2. The maximum absolute atomic E-state index is 9.25. The van der Waals surface area contributed by atoms with Crippen LogP contribution in [0.15, 0.2) is 408 Å². The highest BCUT2D eigenvalue weighted by atomic mass is 16.3. The van der Waals surface area contributed by atoms with Gasteiger partial charge in [0.25, 0.3) is 0 Å². The first-order valence-corrected chi connectivity index (χ1v) is 40.5. The lowest BCUT2D eigenvalue weighted by molar-refractivity contribution is 0.669. The molecule has 124 heavy (non-hydrogen) atoms. The highest BCUT2D eigenvalue weighted by molar-refractivity contribution is 6.24. The van der Waals surface area contributed by atoms with Gasteiger partial charge in [0.2, 0.25) is 0 Å². The summed E-state index contributed by atoms with van der Waals surface area (Å²) in [6.45, 7) is 0. The van der Waals surface area contributed by atoms with Gasteiger partial charge in [0.05, 0.1) is 33.9 Å². The van der Waals surface area contributed by atoms with E-state index < -0.39 is 0 Å². The number of furan rings is 3. The molecule has 0 spiro atoms. The van der Waals surface area contributed by atoms with Gasteiger partial charge in [-0.1, -0.05) is 237 Å². The zero-order valence-corrected chi connectivity index (χ0v) is 66.3. The van der Waals surface area contributed by atoms with Gasteiger partial charge in [0.1, 0.15) is 63.1 Å². The summed E-state index contributed by atoms with van der Waals surface area (Å²) in [4.78, 5) is 16.7. The average Bonchev–Trinajstić information content (AvgIpc) is 1.58. The molecule has 576 valence electrons. The van der Waals surface area contributed by atoms with Gasteiger partial charge in [-0.05, 0) is 232 Å². The van der Waals surface area contributed by atoms with Crippen LogP contribution in [0.25, 0.3) is 214 Å². The van der Waals surface area contributed by atoms with E-state index in [1.165, 1.54) is 59.4 Å².